The third kappa shape index (κ3) is 5.63. The molecule has 0 aliphatic carbocycles. The molecule has 0 aliphatic rings. The molecule has 8 heteroatoms. The van der Waals surface area contributed by atoms with Crippen LogP contribution >= 0.6 is 0 Å². The molecule has 27 heavy (non-hydrogen) atoms. The summed E-state index contributed by atoms with van der Waals surface area (Å²) in [6, 6.07) is 11.6. The fourth-order valence-corrected chi connectivity index (χ4v) is 3.39. The van der Waals surface area contributed by atoms with Crippen molar-refractivity contribution in [2.24, 2.45) is 0 Å². The van der Waals surface area contributed by atoms with Gasteiger partial charge in [0.2, 0.25) is 10.0 Å². The second-order valence-corrected chi connectivity index (χ2v) is 7.67. The van der Waals surface area contributed by atoms with Gasteiger partial charge in [-0.15, -0.1) is 0 Å². The summed E-state index contributed by atoms with van der Waals surface area (Å²) in [5.41, 5.74) is 1.97. The lowest BCUT2D eigenvalue weighted by molar-refractivity contribution is -0.146. The van der Waals surface area contributed by atoms with E-state index < -0.39 is 28.0 Å². The molecule has 1 N–H and O–H groups in total. The molecule has 144 valence electrons. The zero-order valence-electron chi connectivity index (χ0n) is 15.3. The molecule has 0 aliphatic heterocycles. The summed E-state index contributed by atoms with van der Waals surface area (Å²) in [5, 5.41) is 0. The summed E-state index contributed by atoms with van der Waals surface area (Å²) in [7, 11) is -2.54. The Morgan fingerprint density at radius 3 is 2.19 bits per heavy atom. The lowest BCUT2D eigenvalue weighted by atomic mass is 10.1. The Hall–Kier alpha value is -2.71. The molecule has 0 bridgehead atoms. The molecule has 2 aromatic rings. The number of carbonyl (C=O) groups is 2. The lowest BCUT2D eigenvalue weighted by Crippen LogP contribution is -2.39. The molecule has 2 rings (SSSR count). The van der Waals surface area contributed by atoms with Crippen molar-refractivity contribution >= 4 is 22.0 Å². The highest BCUT2D eigenvalue weighted by molar-refractivity contribution is 7.89. The Balaban J connectivity index is 1.93. The fourth-order valence-electron chi connectivity index (χ4n) is 2.20. The van der Waals surface area contributed by atoms with Gasteiger partial charge in [-0.25, -0.2) is 13.2 Å². The SMILES string of the molecule is COC(=O)c1ccc(COC(=O)[C@H](C)NS(=O)(=O)c2ccc(C)cc2)cc1. The van der Waals surface area contributed by atoms with Gasteiger partial charge in [0, 0.05) is 0 Å². The standard InChI is InChI=1S/C19H21NO6S/c1-13-4-10-17(11-5-13)27(23,24)20-14(2)18(21)26-12-15-6-8-16(9-7-15)19(22)25-3/h4-11,14,20H,12H2,1-3H3/t14-/m0/s1. The van der Waals surface area contributed by atoms with Gasteiger partial charge in [-0.05, 0) is 43.7 Å². The highest BCUT2D eigenvalue weighted by atomic mass is 32.2. The van der Waals surface area contributed by atoms with Crippen LogP contribution < -0.4 is 4.72 Å². The van der Waals surface area contributed by atoms with Gasteiger partial charge in [0.1, 0.15) is 12.6 Å². The maximum Gasteiger partial charge on any atom is 0.337 e. The number of nitrogens with one attached hydrogen (secondary N) is 1. The van der Waals surface area contributed by atoms with E-state index in [0.29, 0.717) is 11.1 Å². The molecule has 0 saturated carbocycles. The molecule has 0 saturated heterocycles. The van der Waals surface area contributed by atoms with Gasteiger partial charge in [0.15, 0.2) is 0 Å². The molecule has 0 aromatic heterocycles. The van der Waals surface area contributed by atoms with Gasteiger partial charge in [-0.3, -0.25) is 4.79 Å². The quantitative estimate of drug-likeness (QED) is 0.727. The molecule has 0 fully saturated rings. The van der Waals surface area contributed by atoms with E-state index >= 15 is 0 Å². The Bertz CT molecular complexity index is 904. The average Bonchev–Trinajstić information content (AvgIpc) is 2.65. The van der Waals surface area contributed by atoms with E-state index in [1.54, 1.807) is 36.4 Å². The Labute approximate surface area is 158 Å². The average molecular weight is 391 g/mol. The molecular weight excluding hydrogens is 370 g/mol. The number of hydrogen-bond donors (Lipinski definition) is 1. The number of ether oxygens (including phenoxy) is 2. The van der Waals surface area contributed by atoms with Crippen molar-refractivity contribution in [2.45, 2.75) is 31.4 Å². The molecule has 7 nitrogen and oxygen atoms in total. The predicted molar refractivity (Wildman–Crippen MR) is 98.5 cm³/mol. The first-order valence-electron chi connectivity index (χ1n) is 8.16. The van der Waals surface area contributed by atoms with Crippen molar-refractivity contribution < 1.29 is 27.5 Å². The zero-order chi connectivity index (χ0) is 20.0. The topological polar surface area (TPSA) is 98.8 Å². The van der Waals surface area contributed by atoms with Gasteiger partial charge >= 0.3 is 11.9 Å². The van der Waals surface area contributed by atoms with E-state index in [-0.39, 0.29) is 11.5 Å². The van der Waals surface area contributed by atoms with Crippen molar-refractivity contribution in [1.82, 2.24) is 4.72 Å². The van der Waals surface area contributed by atoms with Crippen LogP contribution in [0.2, 0.25) is 0 Å². The summed E-state index contributed by atoms with van der Waals surface area (Å²) >= 11 is 0. The molecular formula is C19H21NO6S. The molecule has 0 spiro atoms. The van der Waals surface area contributed by atoms with Gasteiger partial charge in [0.25, 0.3) is 0 Å². The monoisotopic (exact) mass is 391 g/mol. The van der Waals surface area contributed by atoms with E-state index in [2.05, 4.69) is 9.46 Å². The highest BCUT2D eigenvalue weighted by Crippen LogP contribution is 2.11. The Morgan fingerprint density at radius 2 is 1.63 bits per heavy atom. The molecule has 2 aromatic carbocycles. The van der Waals surface area contributed by atoms with Crippen LogP contribution in [0, 0.1) is 6.92 Å². The Kier molecular flexibility index (Phi) is 6.70. The first-order valence-corrected chi connectivity index (χ1v) is 9.64. The maximum absolute atomic E-state index is 12.3. The summed E-state index contributed by atoms with van der Waals surface area (Å²) in [6.07, 6.45) is 0. The van der Waals surface area contributed by atoms with Crippen molar-refractivity contribution in [3.63, 3.8) is 0 Å². The minimum absolute atomic E-state index is 0.0448. The van der Waals surface area contributed by atoms with Crippen molar-refractivity contribution in [1.29, 1.82) is 0 Å². The molecule has 0 radical (unpaired) electrons. The van der Waals surface area contributed by atoms with Crippen LogP contribution in [0.25, 0.3) is 0 Å². The van der Waals surface area contributed by atoms with Crippen LogP contribution in [0.15, 0.2) is 53.4 Å². The largest absolute Gasteiger partial charge is 0.465 e. The number of methoxy groups -OCH3 is 1. The minimum Gasteiger partial charge on any atom is -0.465 e. The number of esters is 2. The van der Waals surface area contributed by atoms with E-state index in [9.17, 15) is 18.0 Å². The van der Waals surface area contributed by atoms with Crippen LogP contribution in [0.5, 0.6) is 0 Å². The van der Waals surface area contributed by atoms with Crippen LogP contribution in [0.3, 0.4) is 0 Å². The van der Waals surface area contributed by atoms with Gasteiger partial charge in [-0.2, -0.15) is 4.72 Å². The summed E-state index contributed by atoms with van der Waals surface area (Å²) in [6.45, 7) is 3.22. The van der Waals surface area contributed by atoms with Crippen LogP contribution in [-0.4, -0.2) is 33.5 Å². The Morgan fingerprint density at radius 1 is 1.04 bits per heavy atom. The second-order valence-electron chi connectivity index (χ2n) is 5.95. The van der Waals surface area contributed by atoms with Gasteiger partial charge in [-0.1, -0.05) is 29.8 Å². The second kappa shape index (κ2) is 8.79. The summed E-state index contributed by atoms with van der Waals surface area (Å²) in [4.78, 5) is 23.5. The zero-order valence-corrected chi connectivity index (χ0v) is 16.1. The van der Waals surface area contributed by atoms with E-state index in [1.807, 2.05) is 6.92 Å². The van der Waals surface area contributed by atoms with E-state index in [1.165, 1.54) is 26.2 Å². The van der Waals surface area contributed by atoms with Gasteiger partial charge < -0.3 is 9.47 Å². The van der Waals surface area contributed by atoms with E-state index in [0.717, 1.165) is 5.56 Å². The normalized spacial score (nSPS) is 12.3. The minimum atomic E-state index is -3.82. The number of carbonyl (C=O) groups excluding carboxylic acids is 2. The lowest BCUT2D eigenvalue weighted by Gasteiger charge is -2.14. The molecule has 1 atom stereocenters. The van der Waals surface area contributed by atoms with Crippen molar-refractivity contribution in [3.8, 4) is 0 Å². The van der Waals surface area contributed by atoms with Crippen LogP contribution in [-0.2, 0) is 30.9 Å². The maximum atomic E-state index is 12.3. The van der Waals surface area contributed by atoms with Crippen molar-refractivity contribution in [2.75, 3.05) is 7.11 Å². The first-order chi connectivity index (χ1) is 12.7. The molecule has 0 unspecified atom stereocenters. The number of sulfonamides is 1. The number of hydrogen-bond acceptors (Lipinski definition) is 6. The molecule has 0 heterocycles. The number of benzene rings is 2. The van der Waals surface area contributed by atoms with Crippen molar-refractivity contribution in [3.05, 3.63) is 65.2 Å². The third-order valence-electron chi connectivity index (χ3n) is 3.77. The third-order valence-corrected chi connectivity index (χ3v) is 5.33. The molecule has 0 amide bonds. The summed E-state index contributed by atoms with van der Waals surface area (Å²) in [5.74, 6) is -1.17. The first kappa shape index (κ1) is 20.6. The van der Waals surface area contributed by atoms with Crippen LogP contribution in [0.1, 0.15) is 28.4 Å². The predicted octanol–water partition coefficient (Wildman–Crippen LogP) is 2.19. The highest BCUT2D eigenvalue weighted by Gasteiger charge is 2.23. The summed E-state index contributed by atoms with van der Waals surface area (Å²) < 4.78 is 36.6. The van der Waals surface area contributed by atoms with E-state index in [4.69, 9.17) is 4.74 Å². The number of rotatable bonds is 7. The number of aryl methyl sites for hydroxylation is 1. The van der Waals surface area contributed by atoms with Crippen LogP contribution in [0.4, 0.5) is 0 Å². The van der Waals surface area contributed by atoms with Gasteiger partial charge in [0.05, 0.1) is 17.6 Å². The smallest absolute Gasteiger partial charge is 0.337 e. The fraction of sp³-hybridized carbons (Fsp3) is 0.263.